The van der Waals surface area contributed by atoms with Crippen LogP contribution >= 0.6 is 0 Å². The van der Waals surface area contributed by atoms with E-state index in [1.807, 2.05) is 0 Å². The predicted molar refractivity (Wildman–Crippen MR) is 17.1 cm³/mol. The standard InChI is InChI=1S/B.Cr.Fe.Mn.Ni.H4Si.W/h;;;;;1H4;. The first-order valence-corrected chi connectivity index (χ1v) is 0. The van der Waals surface area contributed by atoms with Crippen molar-refractivity contribution in [2.24, 2.45) is 0 Å². The summed E-state index contributed by atoms with van der Waals surface area (Å²) in [7, 11) is 0. The minimum absolute atomic E-state index is 0. The Morgan fingerprint density at radius 2 is 1.00 bits per heavy atom. The molecule has 7 heavy (non-hydrogen) atoms. The molecule has 0 aromatic rings. The Balaban J connectivity index is 0. The minimum atomic E-state index is 0. The van der Waals surface area contributed by atoms with Crippen molar-refractivity contribution in [3.8, 4) is 0 Å². The average molecular weight is 448 g/mol. The molecule has 0 atom stereocenters. The molecule has 0 bridgehead atoms. The van der Waals surface area contributed by atoms with E-state index in [1.54, 1.807) is 0 Å². The van der Waals surface area contributed by atoms with Crippen LogP contribution in [0.15, 0.2) is 0 Å². The molecule has 48 valence electrons. The van der Waals surface area contributed by atoms with E-state index in [0.29, 0.717) is 0 Å². The molecule has 0 unspecified atom stereocenters. The molecule has 7 heteroatoms. The maximum absolute atomic E-state index is 0. The van der Waals surface area contributed by atoms with Crippen molar-refractivity contribution in [2.75, 3.05) is 0 Å². The van der Waals surface area contributed by atoms with Gasteiger partial charge in [-0.1, -0.05) is 0 Å². The molecule has 0 fully saturated rings. The third kappa shape index (κ3) is 48.5. The van der Waals surface area contributed by atoms with E-state index in [2.05, 4.69) is 0 Å². The molecule has 0 spiro atoms. The molecule has 0 rings (SSSR count). The van der Waals surface area contributed by atoms with Crippen molar-refractivity contribution in [1.82, 2.24) is 0 Å². The van der Waals surface area contributed by atoms with Gasteiger partial charge in [0.2, 0.25) is 0 Å². The van der Waals surface area contributed by atoms with E-state index < -0.39 is 0 Å². The van der Waals surface area contributed by atoms with E-state index in [9.17, 15) is 0 Å². The van der Waals surface area contributed by atoms with Gasteiger partial charge >= 0.3 is 0 Å². The molecule has 0 aliphatic carbocycles. The molecule has 4 radical (unpaired) electrons. The summed E-state index contributed by atoms with van der Waals surface area (Å²) in [6.07, 6.45) is 0. The Kier molecular flexibility index (Phi) is 804. The molecular weight excluding hydrogens is 444 g/mol. The van der Waals surface area contributed by atoms with Gasteiger partial charge in [0.1, 0.15) is 0 Å². The van der Waals surface area contributed by atoms with E-state index in [4.69, 9.17) is 0 Å². The second kappa shape index (κ2) is 63.3. The summed E-state index contributed by atoms with van der Waals surface area (Å²) in [6, 6.07) is 0. The van der Waals surface area contributed by atoms with Crippen LogP contribution in [-0.2, 0) is 89.1 Å². The molecule has 0 aliphatic rings. The molecule has 0 aliphatic heterocycles. The van der Waals surface area contributed by atoms with Crippen LogP contribution in [-0.4, -0.2) is 19.4 Å². The van der Waals surface area contributed by atoms with Gasteiger partial charge in [-0.2, -0.15) is 0 Å². The van der Waals surface area contributed by atoms with Crippen molar-refractivity contribution < 1.29 is 89.1 Å². The smallest absolute Gasteiger partial charge is 0 e. The minimum Gasteiger partial charge on any atom is -0.0149 e. The fraction of sp³-hybridized carbons (Fsp3) is 0. The van der Waals surface area contributed by atoms with Gasteiger partial charge in [-0.15, -0.1) is 0 Å². The fourth-order valence-corrected chi connectivity index (χ4v) is 0. The third-order valence-corrected chi connectivity index (χ3v) is 0. The summed E-state index contributed by atoms with van der Waals surface area (Å²) in [5, 5.41) is 0. The van der Waals surface area contributed by atoms with Crippen LogP contribution in [0, 0.1) is 0 Å². The SMILES string of the molecule is [B].[Cr].[Fe].[Mn].[Ni].[SiH4].[W]. The monoisotopic (exact) mass is 448 g/mol. The Labute approximate surface area is 107 Å². The van der Waals surface area contributed by atoms with Gasteiger partial charge in [0.25, 0.3) is 0 Å². The van der Waals surface area contributed by atoms with Crippen molar-refractivity contribution in [3.63, 3.8) is 0 Å². The summed E-state index contributed by atoms with van der Waals surface area (Å²) in [5.41, 5.74) is 0. The predicted octanol–water partition coefficient (Wildman–Crippen LogP) is -1.84. The first-order valence-electron chi connectivity index (χ1n) is 0. The number of hydrogen-bond donors (Lipinski definition) is 0. The quantitative estimate of drug-likeness (QED) is 0.383. The third-order valence-electron chi connectivity index (χ3n) is 0. The average Bonchev–Trinajstić information content (AvgIpc) is 0. The van der Waals surface area contributed by atoms with Crippen LogP contribution in [0.3, 0.4) is 0 Å². The zero-order valence-corrected chi connectivity index (χ0v) is 9.92. The van der Waals surface area contributed by atoms with Gasteiger partial charge in [0.05, 0.1) is 0 Å². The summed E-state index contributed by atoms with van der Waals surface area (Å²) >= 11 is 0. The van der Waals surface area contributed by atoms with Crippen molar-refractivity contribution in [1.29, 1.82) is 0 Å². The van der Waals surface area contributed by atoms with Crippen molar-refractivity contribution in [3.05, 3.63) is 0 Å². The zero-order chi connectivity index (χ0) is 0. The van der Waals surface area contributed by atoms with Gasteiger partial charge in [-0.3, -0.25) is 0 Å². The van der Waals surface area contributed by atoms with E-state index in [1.165, 1.54) is 0 Å². The Bertz CT molecular complexity index is 19.7. The van der Waals surface area contributed by atoms with Gasteiger partial charge < -0.3 is 0 Å². The maximum atomic E-state index is 0. The van der Waals surface area contributed by atoms with E-state index >= 15 is 0 Å². The summed E-state index contributed by atoms with van der Waals surface area (Å²) in [6.45, 7) is 0. The van der Waals surface area contributed by atoms with Crippen LogP contribution < -0.4 is 0 Å². The molecular formula is H4BCrFeMnNiSiW. The Hall–Kier alpha value is 3.04. The van der Waals surface area contributed by atoms with Crippen molar-refractivity contribution in [2.45, 2.75) is 0 Å². The Morgan fingerprint density at radius 1 is 1.00 bits per heavy atom. The number of rotatable bonds is 0. The fourth-order valence-electron chi connectivity index (χ4n) is 0. The first kappa shape index (κ1) is 88.9. The van der Waals surface area contributed by atoms with E-state index in [0.717, 1.165) is 0 Å². The normalized spacial score (nSPS) is 0. The maximum Gasteiger partial charge on any atom is 0 e. The van der Waals surface area contributed by atoms with Gasteiger partial charge in [0.15, 0.2) is 0 Å². The van der Waals surface area contributed by atoms with Gasteiger partial charge in [0, 0.05) is 97.5 Å². The molecule has 0 saturated heterocycles. The van der Waals surface area contributed by atoms with Crippen LogP contribution in [0.5, 0.6) is 0 Å². The van der Waals surface area contributed by atoms with Gasteiger partial charge in [-0.25, -0.2) is 0 Å². The van der Waals surface area contributed by atoms with Crippen LogP contribution in [0.2, 0.25) is 0 Å². The van der Waals surface area contributed by atoms with Gasteiger partial charge in [-0.05, 0) is 11.0 Å². The van der Waals surface area contributed by atoms with Crippen LogP contribution in [0.1, 0.15) is 0 Å². The summed E-state index contributed by atoms with van der Waals surface area (Å²) in [5.74, 6) is 0. The van der Waals surface area contributed by atoms with E-state index in [-0.39, 0.29) is 108 Å². The van der Waals surface area contributed by atoms with Crippen LogP contribution in [0.4, 0.5) is 0 Å². The Morgan fingerprint density at radius 3 is 1.00 bits per heavy atom. The second-order valence-corrected chi connectivity index (χ2v) is 0. The molecule has 0 N–H and O–H groups in total. The molecule has 0 heterocycles. The molecule has 0 aromatic carbocycles. The largest absolute Gasteiger partial charge is 0.0149 e. The second-order valence-electron chi connectivity index (χ2n) is 0. The zero-order valence-electron chi connectivity index (χ0n) is 2.44. The summed E-state index contributed by atoms with van der Waals surface area (Å²) < 4.78 is 0. The van der Waals surface area contributed by atoms with Crippen LogP contribution in [0.25, 0.3) is 0 Å². The molecule has 0 aromatic heterocycles. The number of hydrogen-bond acceptors (Lipinski definition) is 0. The topological polar surface area (TPSA) is 0 Å². The molecule has 0 saturated carbocycles. The molecule has 0 nitrogen and oxygen atoms in total. The summed E-state index contributed by atoms with van der Waals surface area (Å²) in [4.78, 5) is 0. The molecule has 0 amide bonds. The van der Waals surface area contributed by atoms with Crippen molar-refractivity contribution >= 4 is 19.4 Å². The first-order chi connectivity index (χ1) is 0.